The van der Waals surface area contributed by atoms with Gasteiger partial charge in [0, 0.05) is 10.4 Å². The second-order valence-electron chi connectivity index (χ2n) is 4.48. The summed E-state index contributed by atoms with van der Waals surface area (Å²) in [5.41, 5.74) is 1.89. The highest BCUT2D eigenvalue weighted by Gasteiger charge is 2.12. The highest BCUT2D eigenvalue weighted by Crippen LogP contribution is 2.28. The van der Waals surface area contributed by atoms with Crippen molar-refractivity contribution >= 4 is 34.1 Å². The number of fused-ring (bicyclic) bond motifs is 1. The van der Waals surface area contributed by atoms with Crippen molar-refractivity contribution < 1.29 is 4.39 Å². The second kappa shape index (κ2) is 5.00. The van der Waals surface area contributed by atoms with E-state index in [1.54, 1.807) is 30.3 Å². The van der Waals surface area contributed by atoms with Crippen LogP contribution in [0.15, 0.2) is 36.4 Å². The number of halogens is 3. The summed E-state index contributed by atoms with van der Waals surface area (Å²) in [5.74, 6) is -0.106. The molecule has 0 atom stereocenters. The van der Waals surface area contributed by atoms with Crippen LogP contribution in [-0.2, 0) is 0 Å². The van der Waals surface area contributed by atoms with Crippen LogP contribution in [0.5, 0.6) is 0 Å². The second-order valence-corrected chi connectivity index (χ2v) is 5.28. The summed E-state index contributed by atoms with van der Waals surface area (Å²) in [6.45, 7) is 1.88. The van der Waals surface area contributed by atoms with Gasteiger partial charge in [-0.1, -0.05) is 34.8 Å². The zero-order valence-corrected chi connectivity index (χ0v) is 12.0. The highest BCUT2D eigenvalue weighted by molar-refractivity contribution is 6.35. The first-order chi connectivity index (χ1) is 9.54. The fraction of sp³-hybridized carbons (Fsp3) is 0.0667. The maximum Gasteiger partial charge on any atom is 0.164 e. The van der Waals surface area contributed by atoms with Crippen LogP contribution in [0.1, 0.15) is 5.56 Å². The maximum absolute atomic E-state index is 13.9. The summed E-state index contributed by atoms with van der Waals surface area (Å²) >= 11 is 12.1. The molecule has 1 heterocycles. The van der Waals surface area contributed by atoms with Crippen LogP contribution in [0.3, 0.4) is 0 Å². The number of nitrogens with zero attached hydrogens (tertiary/aromatic N) is 2. The van der Waals surface area contributed by atoms with E-state index in [2.05, 4.69) is 9.97 Å². The molecule has 100 valence electrons. The van der Waals surface area contributed by atoms with Crippen LogP contribution in [0, 0.1) is 12.7 Å². The topological polar surface area (TPSA) is 25.8 Å². The summed E-state index contributed by atoms with van der Waals surface area (Å²) in [6, 6.07) is 9.93. The monoisotopic (exact) mass is 306 g/mol. The third-order valence-electron chi connectivity index (χ3n) is 2.97. The lowest BCUT2D eigenvalue weighted by Gasteiger charge is -2.06. The molecule has 0 saturated carbocycles. The van der Waals surface area contributed by atoms with Gasteiger partial charge in [0.25, 0.3) is 0 Å². The van der Waals surface area contributed by atoms with E-state index in [0.717, 1.165) is 5.56 Å². The van der Waals surface area contributed by atoms with Gasteiger partial charge in [0.1, 0.15) is 11.0 Å². The van der Waals surface area contributed by atoms with Crippen molar-refractivity contribution in [3.05, 3.63) is 58.0 Å². The standard InChI is InChI=1S/C15H9Cl2FN2/c1-8-2-4-12(18)10(6-8)15-19-13-5-3-9(16)7-11(13)14(17)20-15/h2-7H,1H3. The average Bonchev–Trinajstić information content (AvgIpc) is 2.42. The van der Waals surface area contributed by atoms with Crippen molar-refractivity contribution in [1.29, 1.82) is 0 Å². The highest BCUT2D eigenvalue weighted by atomic mass is 35.5. The zero-order valence-electron chi connectivity index (χ0n) is 10.5. The Bertz CT molecular complexity index is 818. The first kappa shape index (κ1) is 13.3. The molecular formula is C15H9Cl2FN2. The number of hydrogen-bond acceptors (Lipinski definition) is 2. The third-order valence-corrected chi connectivity index (χ3v) is 3.50. The number of benzene rings is 2. The third kappa shape index (κ3) is 2.35. The van der Waals surface area contributed by atoms with E-state index in [4.69, 9.17) is 23.2 Å². The minimum Gasteiger partial charge on any atom is -0.228 e. The van der Waals surface area contributed by atoms with Gasteiger partial charge in [-0.05, 0) is 37.3 Å². The molecule has 3 rings (SSSR count). The van der Waals surface area contributed by atoms with Crippen molar-refractivity contribution in [2.24, 2.45) is 0 Å². The molecule has 0 saturated heterocycles. The number of rotatable bonds is 1. The zero-order chi connectivity index (χ0) is 14.3. The molecule has 0 N–H and O–H groups in total. The van der Waals surface area contributed by atoms with Gasteiger partial charge in [-0.15, -0.1) is 0 Å². The van der Waals surface area contributed by atoms with Crippen LogP contribution in [0.25, 0.3) is 22.3 Å². The number of aryl methyl sites for hydroxylation is 1. The summed E-state index contributed by atoms with van der Waals surface area (Å²) in [6.07, 6.45) is 0. The normalized spacial score (nSPS) is 11.0. The Kier molecular flexibility index (Phi) is 3.32. The molecule has 3 aromatic rings. The van der Waals surface area contributed by atoms with Crippen molar-refractivity contribution in [2.45, 2.75) is 6.92 Å². The molecular weight excluding hydrogens is 298 g/mol. The van der Waals surface area contributed by atoms with Crippen LogP contribution >= 0.6 is 23.2 Å². The lowest BCUT2D eigenvalue weighted by molar-refractivity contribution is 0.629. The SMILES string of the molecule is Cc1ccc(F)c(-c2nc(Cl)c3cc(Cl)ccc3n2)c1. The fourth-order valence-electron chi connectivity index (χ4n) is 1.99. The lowest BCUT2D eigenvalue weighted by Crippen LogP contribution is -1.95. The van der Waals surface area contributed by atoms with E-state index >= 15 is 0 Å². The lowest BCUT2D eigenvalue weighted by atomic mass is 10.1. The van der Waals surface area contributed by atoms with Crippen LogP contribution in [0.4, 0.5) is 4.39 Å². The van der Waals surface area contributed by atoms with Gasteiger partial charge in [-0.25, -0.2) is 14.4 Å². The quantitative estimate of drug-likeness (QED) is 0.588. The largest absolute Gasteiger partial charge is 0.228 e. The van der Waals surface area contributed by atoms with Gasteiger partial charge in [0.15, 0.2) is 5.82 Å². The van der Waals surface area contributed by atoms with Gasteiger partial charge in [-0.2, -0.15) is 0 Å². The first-order valence-electron chi connectivity index (χ1n) is 5.94. The smallest absolute Gasteiger partial charge is 0.164 e. The van der Waals surface area contributed by atoms with Crippen molar-refractivity contribution in [2.75, 3.05) is 0 Å². The molecule has 0 amide bonds. The Hall–Kier alpha value is -1.71. The Morgan fingerprint density at radius 3 is 2.60 bits per heavy atom. The Balaban J connectivity index is 2.27. The fourth-order valence-corrected chi connectivity index (χ4v) is 2.40. The molecule has 2 nitrogen and oxygen atoms in total. The van der Waals surface area contributed by atoms with Gasteiger partial charge in [-0.3, -0.25) is 0 Å². The van der Waals surface area contributed by atoms with Crippen LogP contribution in [0.2, 0.25) is 10.2 Å². The van der Waals surface area contributed by atoms with Gasteiger partial charge in [0.2, 0.25) is 0 Å². The molecule has 0 fully saturated rings. The average molecular weight is 307 g/mol. The summed E-state index contributed by atoms with van der Waals surface area (Å²) < 4.78 is 13.9. The molecule has 0 aliphatic carbocycles. The first-order valence-corrected chi connectivity index (χ1v) is 6.69. The Morgan fingerprint density at radius 2 is 1.80 bits per heavy atom. The van der Waals surface area contributed by atoms with Crippen molar-refractivity contribution in [3.63, 3.8) is 0 Å². The van der Waals surface area contributed by atoms with Crippen molar-refractivity contribution in [3.8, 4) is 11.4 Å². The van der Waals surface area contributed by atoms with Crippen LogP contribution in [-0.4, -0.2) is 9.97 Å². The Morgan fingerprint density at radius 1 is 1.00 bits per heavy atom. The molecule has 2 aromatic carbocycles. The van der Waals surface area contributed by atoms with E-state index in [-0.39, 0.29) is 16.8 Å². The number of hydrogen-bond donors (Lipinski definition) is 0. The molecule has 5 heteroatoms. The Labute approximate surface area is 125 Å². The summed E-state index contributed by atoms with van der Waals surface area (Å²) in [7, 11) is 0. The van der Waals surface area contributed by atoms with E-state index < -0.39 is 0 Å². The van der Waals surface area contributed by atoms with E-state index in [0.29, 0.717) is 21.5 Å². The van der Waals surface area contributed by atoms with Gasteiger partial charge >= 0.3 is 0 Å². The molecule has 0 aliphatic heterocycles. The van der Waals surface area contributed by atoms with Gasteiger partial charge in [0.05, 0.1) is 11.1 Å². The van der Waals surface area contributed by atoms with Gasteiger partial charge < -0.3 is 0 Å². The maximum atomic E-state index is 13.9. The summed E-state index contributed by atoms with van der Waals surface area (Å²) in [5, 5.41) is 1.46. The van der Waals surface area contributed by atoms with E-state index in [1.807, 2.05) is 6.92 Å². The number of aromatic nitrogens is 2. The van der Waals surface area contributed by atoms with Crippen molar-refractivity contribution in [1.82, 2.24) is 9.97 Å². The molecule has 20 heavy (non-hydrogen) atoms. The van der Waals surface area contributed by atoms with E-state index in [9.17, 15) is 4.39 Å². The predicted octanol–water partition coefficient (Wildman–Crippen LogP) is 5.05. The molecule has 0 spiro atoms. The molecule has 0 radical (unpaired) electrons. The minimum atomic E-state index is -0.375. The summed E-state index contributed by atoms with van der Waals surface area (Å²) in [4.78, 5) is 8.53. The van der Waals surface area contributed by atoms with Crippen LogP contribution < -0.4 is 0 Å². The minimum absolute atomic E-state index is 0.258. The predicted molar refractivity (Wildman–Crippen MR) is 79.7 cm³/mol. The molecule has 1 aromatic heterocycles. The molecule has 0 aliphatic rings. The molecule has 0 bridgehead atoms. The van der Waals surface area contributed by atoms with E-state index in [1.165, 1.54) is 6.07 Å². The molecule has 0 unspecified atom stereocenters.